The van der Waals surface area contributed by atoms with Crippen molar-refractivity contribution in [3.8, 4) is 11.5 Å². The zero-order chi connectivity index (χ0) is 64.9. The van der Waals surface area contributed by atoms with Gasteiger partial charge in [-0.15, -0.1) is 0 Å². The molecule has 16 heteroatoms. The molecule has 0 saturated heterocycles. The lowest BCUT2D eigenvalue weighted by molar-refractivity contribution is -0.121. The van der Waals surface area contributed by atoms with Crippen molar-refractivity contribution < 1.29 is 46.4 Å². The Morgan fingerprint density at radius 1 is 0.581 bits per heavy atom. The standard InChI is InChI=1S/C70H112N2O10Si4/c1-24-25-26-27-46-61(73)72(48-35-43-56-50-60(82-86(22,23)70(13,14)15)52(3)37-29-31-39-54-41-33-45-58(63(54)65(75)78-56)80-84(18,19)68(7,8)9)66(76)71-47-34-42-55-49-59(81-85(20,21)69(10,11)12)51(2)36-28-30-38-53-40-32-44-57(62(53)64(74)77-55)79-83(16,17)67(4,5)6/h25-35,40-41,44-48,51-52,55-56,59-60H,24,36-39,42-43,49-50H2,1-23H3,(H,71,76)/b26-25-,30-28+,31-29+,46-27-,47-34+,48-35+/t51-,52-,55-,56-,59+,60+/m0/s1. The average molecular weight is 1250 g/mol. The molecule has 2 heterocycles. The van der Waals surface area contributed by atoms with Crippen LogP contribution in [0.4, 0.5) is 4.79 Å². The second kappa shape index (κ2) is 30.6. The summed E-state index contributed by atoms with van der Waals surface area (Å²) in [7, 11) is -9.44. The summed E-state index contributed by atoms with van der Waals surface area (Å²) in [5, 5.41) is 2.45. The third kappa shape index (κ3) is 20.9. The number of urea groups is 1. The lowest BCUT2D eigenvalue weighted by Crippen LogP contribution is -2.46. The van der Waals surface area contributed by atoms with Gasteiger partial charge in [-0.2, -0.15) is 0 Å². The van der Waals surface area contributed by atoms with Crippen molar-refractivity contribution in [2.45, 2.75) is 259 Å². The summed E-state index contributed by atoms with van der Waals surface area (Å²) in [5.74, 6) is -0.349. The number of hydrogen-bond acceptors (Lipinski definition) is 10. The highest BCUT2D eigenvalue weighted by Gasteiger charge is 2.45. The number of fused-ring (bicyclic) bond motifs is 2. The van der Waals surface area contributed by atoms with Gasteiger partial charge in [0.2, 0.25) is 0 Å². The number of cyclic esters (lactones) is 2. The van der Waals surface area contributed by atoms with Crippen molar-refractivity contribution >= 4 is 57.1 Å². The van der Waals surface area contributed by atoms with Crippen LogP contribution >= 0.6 is 0 Å². The van der Waals surface area contributed by atoms with Crippen LogP contribution in [0, 0.1) is 11.8 Å². The average Bonchev–Trinajstić information content (AvgIpc) is 2.22. The van der Waals surface area contributed by atoms with Crippen LogP contribution < -0.4 is 14.2 Å². The lowest BCUT2D eigenvalue weighted by atomic mass is 9.93. The molecule has 478 valence electrons. The van der Waals surface area contributed by atoms with E-state index in [9.17, 15) is 19.2 Å². The van der Waals surface area contributed by atoms with Gasteiger partial charge in [0.05, 0.1) is 12.2 Å². The van der Waals surface area contributed by atoms with E-state index in [2.05, 4.69) is 179 Å². The van der Waals surface area contributed by atoms with Crippen LogP contribution in [0.3, 0.4) is 0 Å². The number of carbonyl (C=O) groups excluding carboxylic acids is 4. The maximum Gasteiger partial charge on any atom is 0.342 e. The Hall–Kier alpha value is -4.85. The Balaban J connectivity index is 1.77. The molecule has 2 aromatic rings. The maximum atomic E-state index is 14.9. The van der Waals surface area contributed by atoms with Gasteiger partial charge >= 0.3 is 18.0 Å². The van der Waals surface area contributed by atoms with Crippen molar-refractivity contribution in [3.05, 3.63) is 132 Å². The normalized spacial score (nSPS) is 22.2. The number of benzene rings is 2. The van der Waals surface area contributed by atoms with E-state index in [1.165, 1.54) is 18.5 Å². The quantitative estimate of drug-likeness (QED) is 0.0535. The van der Waals surface area contributed by atoms with E-state index in [0.717, 1.165) is 35.3 Å². The number of allylic oxidation sites excluding steroid dienone is 7. The highest BCUT2D eigenvalue weighted by molar-refractivity contribution is 6.75. The first-order valence-electron chi connectivity index (χ1n) is 31.6. The Morgan fingerprint density at radius 3 is 1.38 bits per heavy atom. The molecule has 2 aromatic carbocycles. The minimum atomic E-state index is -2.41. The van der Waals surface area contributed by atoms with E-state index >= 15 is 0 Å². The number of nitrogens with one attached hydrogen (secondary N) is 1. The Morgan fingerprint density at radius 2 is 0.988 bits per heavy atom. The molecule has 6 atom stereocenters. The van der Waals surface area contributed by atoms with E-state index < -0.39 is 69.4 Å². The first kappa shape index (κ1) is 73.6. The summed E-state index contributed by atoms with van der Waals surface area (Å²) in [5.41, 5.74) is 2.46. The molecule has 0 bridgehead atoms. The summed E-state index contributed by atoms with van der Waals surface area (Å²) in [6.45, 7) is 50.4. The third-order valence-corrected chi connectivity index (χ3v) is 36.6. The zero-order valence-corrected chi connectivity index (χ0v) is 61.3. The van der Waals surface area contributed by atoms with Crippen molar-refractivity contribution in [1.29, 1.82) is 0 Å². The van der Waals surface area contributed by atoms with Gasteiger partial charge in [0.15, 0.2) is 16.6 Å². The van der Waals surface area contributed by atoms with Gasteiger partial charge in [-0.3, -0.25) is 4.79 Å². The molecule has 86 heavy (non-hydrogen) atoms. The molecule has 0 aromatic heterocycles. The van der Waals surface area contributed by atoms with Gasteiger partial charge in [0.1, 0.15) is 34.8 Å². The van der Waals surface area contributed by atoms with E-state index in [-0.39, 0.29) is 57.0 Å². The van der Waals surface area contributed by atoms with Crippen LogP contribution in [0.2, 0.25) is 72.5 Å². The summed E-state index contributed by atoms with van der Waals surface area (Å²) < 4.78 is 41.4. The van der Waals surface area contributed by atoms with Crippen LogP contribution in [-0.4, -0.2) is 86.5 Å². The molecule has 2 aliphatic rings. The fraction of sp³-hybridized carbons (Fsp3) is 0.600. The SMILES string of the molecule is CC/C=C\C=C/C(=O)N(/C=C/C[C@H]1C[C@@H](O[Si](C)(C)C(C)(C)C)[C@@H](C)C/C=C/Cc2cccc(O[Si](C)(C)C(C)(C)C)c2C(=O)O1)C(=O)N/C=C/C[C@H]1C[C@@H](O[Si](C)(C)C(C)(C)C)[C@@H](C)C/C=C/Cc2cccc(O[Si](C)(C)C(C)(C)C)c2C(=O)O1. The van der Waals surface area contributed by atoms with E-state index in [4.69, 9.17) is 27.2 Å². The number of hydrogen-bond donors (Lipinski definition) is 1. The Bertz CT molecular complexity index is 2800. The van der Waals surface area contributed by atoms with Gasteiger partial charge in [-0.1, -0.05) is 183 Å². The molecule has 2 aliphatic heterocycles. The van der Waals surface area contributed by atoms with Crippen molar-refractivity contribution in [3.63, 3.8) is 0 Å². The second-order valence-electron chi connectivity index (χ2n) is 30.1. The van der Waals surface area contributed by atoms with Gasteiger partial charge < -0.3 is 32.5 Å². The number of ether oxygens (including phenoxy) is 2. The Kier molecular flexibility index (Phi) is 26.2. The largest absolute Gasteiger partial charge is 0.543 e. The fourth-order valence-corrected chi connectivity index (χ4v) is 13.9. The molecule has 0 saturated carbocycles. The number of rotatable bonds is 17. The summed E-state index contributed by atoms with van der Waals surface area (Å²) in [6, 6.07) is 10.8. The smallest absolute Gasteiger partial charge is 0.342 e. The number of esters is 2. The predicted molar refractivity (Wildman–Crippen MR) is 365 cm³/mol. The predicted octanol–water partition coefficient (Wildman–Crippen LogP) is 18.9. The molecule has 3 amide bonds. The zero-order valence-electron chi connectivity index (χ0n) is 57.3. The maximum absolute atomic E-state index is 14.9. The minimum Gasteiger partial charge on any atom is -0.543 e. The number of carbonyl (C=O) groups is 4. The van der Waals surface area contributed by atoms with Crippen molar-refractivity contribution in [2.24, 2.45) is 11.8 Å². The monoisotopic (exact) mass is 1250 g/mol. The molecule has 0 fully saturated rings. The van der Waals surface area contributed by atoms with Gasteiger partial charge in [0, 0.05) is 44.2 Å². The molecule has 0 radical (unpaired) electrons. The molecule has 0 spiro atoms. The van der Waals surface area contributed by atoms with Gasteiger partial charge in [-0.25, -0.2) is 19.3 Å². The molecule has 1 N–H and O–H groups in total. The Labute approximate surface area is 524 Å². The van der Waals surface area contributed by atoms with Crippen LogP contribution in [0.25, 0.3) is 0 Å². The number of amides is 3. The van der Waals surface area contributed by atoms with Crippen molar-refractivity contribution in [1.82, 2.24) is 10.2 Å². The molecule has 0 aliphatic carbocycles. The van der Waals surface area contributed by atoms with Gasteiger partial charge in [-0.05, 0) is 140 Å². The van der Waals surface area contributed by atoms with E-state index in [1.807, 2.05) is 49.4 Å². The molecule has 4 rings (SSSR count). The lowest BCUT2D eigenvalue weighted by Gasteiger charge is -2.41. The highest BCUT2D eigenvalue weighted by Crippen LogP contribution is 2.44. The van der Waals surface area contributed by atoms with E-state index in [1.54, 1.807) is 24.3 Å². The van der Waals surface area contributed by atoms with Gasteiger partial charge in [0.25, 0.3) is 22.5 Å². The number of imide groups is 1. The fourth-order valence-electron chi connectivity index (χ4n) is 8.97. The second-order valence-corrected chi connectivity index (χ2v) is 49.0. The van der Waals surface area contributed by atoms with Crippen LogP contribution in [0.15, 0.2) is 110 Å². The summed E-state index contributed by atoms with van der Waals surface area (Å²) in [4.78, 5) is 59.3. The molecule has 0 unspecified atom stereocenters. The van der Waals surface area contributed by atoms with Crippen molar-refractivity contribution in [2.75, 3.05) is 0 Å². The minimum absolute atomic E-state index is 0.0673. The van der Waals surface area contributed by atoms with Crippen LogP contribution in [-0.2, 0) is 36.0 Å². The number of nitrogens with zero attached hydrogens (tertiary/aromatic N) is 1. The van der Waals surface area contributed by atoms with E-state index in [0.29, 0.717) is 48.3 Å². The van der Waals surface area contributed by atoms with Crippen LogP contribution in [0.1, 0.15) is 181 Å². The van der Waals surface area contributed by atoms with Crippen LogP contribution in [0.5, 0.6) is 11.5 Å². The summed E-state index contributed by atoms with van der Waals surface area (Å²) in [6.07, 6.45) is 24.4. The topological polar surface area (TPSA) is 139 Å². The third-order valence-electron chi connectivity index (χ3n) is 18.9. The molecule has 12 nitrogen and oxygen atoms in total. The molecular weight excluding hydrogens is 1140 g/mol. The first-order chi connectivity index (χ1) is 39.6. The summed E-state index contributed by atoms with van der Waals surface area (Å²) >= 11 is 0. The molecular formula is C70H112N2O10Si4. The first-order valence-corrected chi connectivity index (χ1v) is 43.2. The highest BCUT2D eigenvalue weighted by atomic mass is 28.4.